The van der Waals surface area contributed by atoms with Crippen LogP contribution in [0.4, 0.5) is 0 Å². The van der Waals surface area contributed by atoms with Crippen molar-refractivity contribution in [1.82, 2.24) is 24.6 Å². The molecule has 6 nitrogen and oxygen atoms in total. The number of fused-ring (bicyclic) bond motifs is 1. The van der Waals surface area contributed by atoms with Crippen LogP contribution in [0.3, 0.4) is 0 Å². The maximum absolute atomic E-state index is 12.1. The minimum Gasteiger partial charge on any atom is -0.342 e. The van der Waals surface area contributed by atoms with Gasteiger partial charge in [0.1, 0.15) is 5.15 Å². The van der Waals surface area contributed by atoms with Crippen LogP contribution in [0.25, 0.3) is 22.2 Å². The molecular formula is C21H24ClN5O. The first-order valence-corrected chi connectivity index (χ1v) is 10.1. The summed E-state index contributed by atoms with van der Waals surface area (Å²) in [6, 6.07) is 5.61. The van der Waals surface area contributed by atoms with Gasteiger partial charge in [0, 0.05) is 49.1 Å². The lowest BCUT2D eigenvalue weighted by Gasteiger charge is -2.33. The molecule has 28 heavy (non-hydrogen) atoms. The van der Waals surface area contributed by atoms with Gasteiger partial charge in [0.05, 0.1) is 17.2 Å². The van der Waals surface area contributed by atoms with Gasteiger partial charge in [0.2, 0.25) is 5.91 Å². The van der Waals surface area contributed by atoms with Crippen molar-refractivity contribution in [2.75, 3.05) is 13.1 Å². The Labute approximate surface area is 169 Å². The maximum Gasteiger partial charge on any atom is 0.225 e. The first kappa shape index (κ1) is 18.9. The van der Waals surface area contributed by atoms with Gasteiger partial charge in [-0.25, -0.2) is 4.98 Å². The Balaban J connectivity index is 1.42. The predicted octanol–water partition coefficient (Wildman–Crippen LogP) is 4.04. The van der Waals surface area contributed by atoms with Gasteiger partial charge in [0.15, 0.2) is 0 Å². The van der Waals surface area contributed by atoms with Crippen molar-refractivity contribution >= 4 is 28.5 Å². The Kier molecular flexibility index (Phi) is 5.31. The molecule has 0 bridgehead atoms. The molecule has 0 spiro atoms. The average molecular weight is 398 g/mol. The highest BCUT2D eigenvalue weighted by Crippen LogP contribution is 2.24. The van der Waals surface area contributed by atoms with Crippen LogP contribution < -0.4 is 0 Å². The lowest BCUT2D eigenvalue weighted by molar-refractivity contribution is -0.135. The number of nitrogens with zero attached hydrogens (tertiary/aromatic N) is 5. The van der Waals surface area contributed by atoms with Gasteiger partial charge in [-0.2, -0.15) is 5.10 Å². The summed E-state index contributed by atoms with van der Waals surface area (Å²) < 4.78 is 2.00. The van der Waals surface area contributed by atoms with Gasteiger partial charge in [-0.3, -0.25) is 14.5 Å². The minimum absolute atomic E-state index is 0.0742. The Morgan fingerprint density at radius 3 is 2.71 bits per heavy atom. The second-order valence-corrected chi connectivity index (χ2v) is 8.16. The van der Waals surface area contributed by atoms with E-state index in [-0.39, 0.29) is 11.8 Å². The second-order valence-electron chi connectivity index (χ2n) is 7.77. The molecule has 0 aromatic carbocycles. The van der Waals surface area contributed by atoms with Gasteiger partial charge in [-0.1, -0.05) is 25.4 Å². The number of hydrogen-bond acceptors (Lipinski definition) is 4. The van der Waals surface area contributed by atoms with Crippen LogP contribution in [-0.4, -0.2) is 43.6 Å². The number of halogens is 1. The molecule has 7 heteroatoms. The number of likely N-dealkylation sites (tertiary alicyclic amines) is 1. The zero-order valence-electron chi connectivity index (χ0n) is 16.2. The van der Waals surface area contributed by atoms with Gasteiger partial charge in [0.25, 0.3) is 0 Å². The molecular weight excluding hydrogens is 374 g/mol. The number of rotatable bonds is 4. The molecule has 3 aromatic rings. The van der Waals surface area contributed by atoms with Crippen molar-refractivity contribution in [3.05, 3.63) is 41.9 Å². The van der Waals surface area contributed by atoms with Gasteiger partial charge < -0.3 is 4.90 Å². The highest BCUT2D eigenvalue weighted by molar-refractivity contribution is 6.29. The lowest BCUT2D eigenvalue weighted by atomic mass is 9.96. The number of carbonyl (C=O) groups is 1. The van der Waals surface area contributed by atoms with Gasteiger partial charge >= 0.3 is 0 Å². The smallest absolute Gasteiger partial charge is 0.225 e. The monoisotopic (exact) mass is 397 g/mol. The minimum atomic E-state index is 0.0742. The Morgan fingerprint density at radius 2 is 1.96 bits per heavy atom. The third kappa shape index (κ3) is 4.02. The summed E-state index contributed by atoms with van der Waals surface area (Å²) in [5.74, 6) is 0.877. The van der Waals surface area contributed by atoms with Crippen molar-refractivity contribution in [2.45, 2.75) is 33.2 Å². The van der Waals surface area contributed by atoms with E-state index in [0.717, 1.165) is 54.6 Å². The average Bonchev–Trinajstić information content (AvgIpc) is 3.16. The molecule has 1 aliphatic rings. The van der Waals surface area contributed by atoms with Crippen LogP contribution in [0.5, 0.6) is 0 Å². The molecule has 1 fully saturated rings. The standard InChI is InChI=1S/C21H24ClN5O/c1-14(2)21(28)26-7-5-15(6-8-26)12-27-13-17(11-24-27)16-9-19-18(23-10-16)3-4-20(22)25-19/h3-4,9-11,13-15H,5-8,12H2,1-2H3. The number of pyridine rings is 2. The number of carbonyl (C=O) groups excluding carboxylic acids is 1. The number of piperidine rings is 1. The summed E-state index contributed by atoms with van der Waals surface area (Å²) in [5, 5.41) is 4.99. The first-order valence-electron chi connectivity index (χ1n) is 9.73. The van der Waals surface area contributed by atoms with E-state index in [1.165, 1.54) is 0 Å². The molecule has 0 saturated carbocycles. The van der Waals surface area contributed by atoms with Crippen molar-refractivity contribution in [3.8, 4) is 11.1 Å². The molecule has 146 valence electrons. The third-order valence-corrected chi connectivity index (χ3v) is 5.55. The SMILES string of the molecule is CC(C)C(=O)N1CCC(Cn2cc(-c3cnc4ccc(Cl)nc4c3)cn2)CC1. The van der Waals surface area contributed by atoms with Crippen LogP contribution in [0, 0.1) is 11.8 Å². The molecule has 4 heterocycles. The van der Waals surface area contributed by atoms with Crippen molar-refractivity contribution in [1.29, 1.82) is 0 Å². The van der Waals surface area contributed by atoms with Gasteiger partial charge in [-0.05, 0) is 37.0 Å². The van der Waals surface area contributed by atoms with E-state index < -0.39 is 0 Å². The summed E-state index contributed by atoms with van der Waals surface area (Å²) >= 11 is 6.00. The topological polar surface area (TPSA) is 63.9 Å². The van der Waals surface area contributed by atoms with Crippen molar-refractivity contribution in [3.63, 3.8) is 0 Å². The Morgan fingerprint density at radius 1 is 1.18 bits per heavy atom. The summed E-state index contributed by atoms with van der Waals surface area (Å²) in [7, 11) is 0. The van der Waals surface area contributed by atoms with Crippen LogP contribution >= 0.6 is 11.6 Å². The lowest BCUT2D eigenvalue weighted by Crippen LogP contribution is -2.41. The first-order chi connectivity index (χ1) is 13.5. The quantitative estimate of drug-likeness (QED) is 0.623. The normalized spacial score (nSPS) is 15.5. The van der Waals surface area contributed by atoms with Crippen molar-refractivity contribution < 1.29 is 4.79 Å². The maximum atomic E-state index is 12.1. The van der Waals surface area contributed by atoms with E-state index >= 15 is 0 Å². The predicted molar refractivity (Wildman–Crippen MR) is 110 cm³/mol. The highest BCUT2D eigenvalue weighted by atomic mass is 35.5. The molecule has 0 atom stereocenters. The molecule has 0 aliphatic carbocycles. The van der Waals surface area contributed by atoms with E-state index in [0.29, 0.717) is 11.1 Å². The molecule has 1 amide bonds. The summed E-state index contributed by atoms with van der Waals surface area (Å²) in [6.45, 7) is 6.48. The zero-order valence-corrected chi connectivity index (χ0v) is 16.9. The fraction of sp³-hybridized carbons (Fsp3) is 0.429. The van der Waals surface area contributed by atoms with E-state index in [2.05, 4.69) is 21.3 Å². The zero-order chi connectivity index (χ0) is 19.7. The summed E-state index contributed by atoms with van der Waals surface area (Å²) in [4.78, 5) is 22.9. The molecule has 3 aromatic heterocycles. The number of aromatic nitrogens is 4. The fourth-order valence-electron chi connectivity index (χ4n) is 3.72. The molecule has 1 aliphatic heterocycles. The fourth-order valence-corrected chi connectivity index (χ4v) is 3.87. The van der Waals surface area contributed by atoms with Crippen LogP contribution in [0.15, 0.2) is 36.8 Å². The van der Waals surface area contributed by atoms with E-state index in [1.807, 2.05) is 48.0 Å². The second kappa shape index (κ2) is 7.87. The largest absolute Gasteiger partial charge is 0.342 e. The molecule has 0 radical (unpaired) electrons. The molecule has 0 N–H and O–H groups in total. The Bertz CT molecular complexity index is 991. The summed E-state index contributed by atoms with van der Waals surface area (Å²) in [5.41, 5.74) is 3.60. The molecule has 0 unspecified atom stereocenters. The van der Waals surface area contributed by atoms with E-state index in [1.54, 1.807) is 6.07 Å². The molecule has 1 saturated heterocycles. The van der Waals surface area contributed by atoms with Crippen LogP contribution in [-0.2, 0) is 11.3 Å². The number of amides is 1. The molecule has 4 rings (SSSR count). The van der Waals surface area contributed by atoms with Crippen LogP contribution in [0.2, 0.25) is 5.15 Å². The number of hydrogen-bond donors (Lipinski definition) is 0. The van der Waals surface area contributed by atoms with Gasteiger partial charge in [-0.15, -0.1) is 0 Å². The Hall–Kier alpha value is -2.47. The van der Waals surface area contributed by atoms with E-state index in [9.17, 15) is 4.79 Å². The highest BCUT2D eigenvalue weighted by Gasteiger charge is 2.24. The van der Waals surface area contributed by atoms with Crippen molar-refractivity contribution in [2.24, 2.45) is 11.8 Å². The van der Waals surface area contributed by atoms with E-state index in [4.69, 9.17) is 11.6 Å². The van der Waals surface area contributed by atoms with Crippen LogP contribution in [0.1, 0.15) is 26.7 Å². The third-order valence-electron chi connectivity index (χ3n) is 5.34. The summed E-state index contributed by atoms with van der Waals surface area (Å²) in [6.07, 6.45) is 7.81.